The van der Waals surface area contributed by atoms with Gasteiger partial charge in [0.05, 0.1) is 24.2 Å². The van der Waals surface area contributed by atoms with E-state index >= 15 is 0 Å². The molecule has 3 nitrogen and oxygen atoms in total. The van der Waals surface area contributed by atoms with E-state index in [9.17, 15) is 0 Å². The van der Waals surface area contributed by atoms with E-state index in [0.29, 0.717) is 0 Å². The molecule has 1 aromatic carbocycles. The molecular weight excluding hydrogens is 246 g/mol. The number of benzene rings is 1. The number of halogens is 1. The van der Waals surface area contributed by atoms with Gasteiger partial charge in [-0.2, -0.15) is 0 Å². The first-order chi connectivity index (χ1) is 6.60. The van der Waals surface area contributed by atoms with Crippen molar-refractivity contribution in [2.24, 2.45) is 5.73 Å². The highest BCUT2D eigenvalue weighted by molar-refractivity contribution is 9.10. The van der Waals surface area contributed by atoms with E-state index in [1.165, 1.54) is 0 Å². The second kappa shape index (κ2) is 4.77. The Bertz CT molecular complexity index is 328. The number of hydrogen-bond acceptors (Lipinski definition) is 3. The minimum absolute atomic E-state index is 0.0782. The molecule has 0 aliphatic carbocycles. The number of hydrogen-bond donors (Lipinski definition) is 2. The number of aliphatic hydroxyl groups is 1. The molecule has 0 amide bonds. The van der Waals surface area contributed by atoms with Crippen molar-refractivity contribution < 1.29 is 9.84 Å². The first-order valence-electron chi connectivity index (χ1n) is 4.30. The van der Waals surface area contributed by atoms with Gasteiger partial charge in [0.1, 0.15) is 5.75 Å². The van der Waals surface area contributed by atoms with Crippen LogP contribution in [-0.4, -0.2) is 18.8 Å². The number of nitrogens with two attached hydrogens (primary N) is 1. The molecule has 0 saturated heterocycles. The topological polar surface area (TPSA) is 55.5 Å². The molecule has 3 N–H and O–H groups in total. The second-order valence-corrected chi connectivity index (χ2v) is 3.95. The summed E-state index contributed by atoms with van der Waals surface area (Å²) in [5, 5.41) is 8.98. The van der Waals surface area contributed by atoms with Gasteiger partial charge >= 0.3 is 0 Å². The highest BCUT2D eigenvalue weighted by atomic mass is 79.9. The minimum Gasteiger partial charge on any atom is -0.496 e. The van der Waals surface area contributed by atoms with Gasteiger partial charge in [0, 0.05) is 0 Å². The Morgan fingerprint density at radius 1 is 1.57 bits per heavy atom. The maximum atomic E-state index is 8.98. The minimum atomic E-state index is -0.377. The van der Waals surface area contributed by atoms with Crippen molar-refractivity contribution in [1.29, 1.82) is 0 Å². The SMILES string of the molecule is COc1cc(C)cc(C(N)CO)c1Br. The zero-order valence-electron chi connectivity index (χ0n) is 8.25. The van der Waals surface area contributed by atoms with Crippen LogP contribution in [0.2, 0.25) is 0 Å². The van der Waals surface area contributed by atoms with Crippen molar-refractivity contribution in [2.75, 3.05) is 13.7 Å². The highest BCUT2D eigenvalue weighted by Gasteiger charge is 2.13. The molecule has 0 spiro atoms. The molecule has 0 fully saturated rings. The van der Waals surface area contributed by atoms with Gasteiger partial charge in [-0.25, -0.2) is 0 Å². The van der Waals surface area contributed by atoms with Crippen LogP contribution in [0.25, 0.3) is 0 Å². The smallest absolute Gasteiger partial charge is 0.133 e. The number of rotatable bonds is 3. The summed E-state index contributed by atoms with van der Waals surface area (Å²) in [4.78, 5) is 0. The van der Waals surface area contributed by atoms with Crippen LogP contribution >= 0.6 is 15.9 Å². The van der Waals surface area contributed by atoms with Crippen LogP contribution in [0.4, 0.5) is 0 Å². The molecule has 0 heterocycles. The van der Waals surface area contributed by atoms with Crippen LogP contribution in [-0.2, 0) is 0 Å². The molecule has 1 aromatic rings. The van der Waals surface area contributed by atoms with Crippen molar-refractivity contribution in [3.63, 3.8) is 0 Å². The fourth-order valence-electron chi connectivity index (χ4n) is 1.28. The Morgan fingerprint density at radius 2 is 2.21 bits per heavy atom. The number of aliphatic hydroxyl groups excluding tert-OH is 1. The molecule has 4 heteroatoms. The van der Waals surface area contributed by atoms with Crippen LogP contribution in [0.15, 0.2) is 16.6 Å². The van der Waals surface area contributed by atoms with Gasteiger partial charge < -0.3 is 15.6 Å². The maximum absolute atomic E-state index is 8.98. The summed E-state index contributed by atoms with van der Waals surface area (Å²) < 4.78 is 5.99. The lowest BCUT2D eigenvalue weighted by Crippen LogP contribution is -2.15. The van der Waals surface area contributed by atoms with Gasteiger partial charge in [-0.3, -0.25) is 0 Å². The lowest BCUT2D eigenvalue weighted by atomic mass is 10.1. The van der Waals surface area contributed by atoms with Crippen LogP contribution in [0.5, 0.6) is 5.75 Å². The summed E-state index contributed by atoms with van der Waals surface area (Å²) in [6, 6.07) is 3.48. The summed E-state index contributed by atoms with van der Waals surface area (Å²) in [6.45, 7) is 1.88. The van der Waals surface area contributed by atoms with Gasteiger partial charge in [-0.1, -0.05) is 6.07 Å². The standard InChI is InChI=1S/C10H14BrNO2/c1-6-3-7(8(12)5-13)10(11)9(4-6)14-2/h3-4,8,13H,5,12H2,1-2H3. The molecule has 0 radical (unpaired) electrons. The van der Waals surface area contributed by atoms with E-state index in [-0.39, 0.29) is 12.6 Å². The molecule has 1 atom stereocenters. The van der Waals surface area contributed by atoms with E-state index in [0.717, 1.165) is 21.3 Å². The Balaban J connectivity index is 3.21. The number of ether oxygens (including phenoxy) is 1. The molecule has 1 rings (SSSR count). The van der Waals surface area contributed by atoms with Gasteiger partial charge in [0.2, 0.25) is 0 Å². The van der Waals surface area contributed by atoms with Gasteiger partial charge in [0.25, 0.3) is 0 Å². The first-order valence-corrected chi connectivity index (χ1v) is 5.10. The van der Waals surface area contributed by atoms with Gasteiger partial charge in [0.15, 0.2) is 0 Å². The van der Waals surface area contributed by atoms with Crippen molar-refractivity contribution in [2.45, 2.75) is 13.0 Å². The second-order valence-electron chi connectivity index (χ2n) is 3.16. The highest BCUT2D eigenvalue weighted by Crippen LogP contribution is 2.32. The predicted molar refractivity (Wildman–Crippen MR) is 59.4 cm³/mol. The monoisotopic (exact) mass is 259 g/mol. The van der Waals surface area contributed by atoms with Gasteiger partial charge in [-0.05, 0) is 40.0 Å². The fraction of sp³-hybridized carbons (Fsp3) is 0.400. The van der Waals surface area contributed by atoms with Crippen LogP contribution in [0.3, 0.4) is 0 Å². The van der Waals surface area contributed by atoms with Crippen LogP contribution in [0.1, 0.15) is 17.2 Å². The molecule has 0 aliphatic heterocycles. The van der Waals surface area contributed by atoms with Gasteiger partial charge in [-0.15, -0.1) is 0 Å². The Labute approximate surface area is 92.0 Å². The molecule has 0 aliphatic rings. The maximum Gasteiger partial charge on any atom is 0.133 e. The lowest BCUT2D eigenvalue weighted by Gasteiger charge is -2.14. The third-order valence-electron chi connectivity index (χ3n) is 2.03. The third kappa shape index (κ3) is 2.26. The molecule has 0 aromatic heterocycles. The molecule has 0 bridgehead atoms. The summed E-state index contributed by atoms with van der Waals surface area (Å²) in [7, 11) is 1.60. The summed E-state index contributed by atoms with van der Waals surface area (Å²) >= 11 is 3.40. The van der Waals surface area contributed by atoms with Crippen molar-refractivity contribution in [3.8, 4) is 5.75 Å². The Hall–Kier alpha value is -0.580. The number of methoxy groups -OCH3 is 1. The zero-order valence-corrected chi connectivity index (χ0v) is 9.84. The molecule has 14 heavy (non-hydrogen) atoms. The fourth-order valence-corrected chi connectivity index (χ4v) is 1.96. The van der Waals surface area contributed by atoms with Crippen molar-refractivity contribution in [3.05, 3.63) is 27.7 Å². The summed E-state index contributed by atoms with van der Waals surface area (Å²) in [6.07, 6.45) is 0. The third-order valence-corrected chi connectivity index (χ3v) is 2.88. The Kier molecular flexibility index (Phi) is 3.92. The van der Waals surface area contributed by atoms with E-state index in [4.69, 9.17) is 15.6 Å². The van der Waals surface area contributed by atoms with E-state index in [1.807, 2.05) is 19.1 Å². The Morgan fingerprint density at radius 3 is 2.71 bits per heavy atom. The first kappa shape index (κ1) is 11.5. The quantitative estimate of drug-likeness (QED) is 0.870. The average molecular weight is 260 g/mol. The summed E-state index contributed by atoms with van der Waals surface area (Å²) in [5.41, 5.74) is 7.68. The normalized spacial score (nSPS) is 12.6. The van der Waals surface area contributed by atoms with Crippen LogP contribution < -0.4 is 10.5 Å². The molecule has 1 unspecified atom stereocenters. The number of aryl methyl sites for hydroxylation is 1. The van der Waals surface area contributed by atoms with E-state index < -0.39 is 0 Å². The molecular formula is C10H14BrNO2. The molecule has 78 valence electrons. The lowest BCUT2D eigenvalue weighted by molar-refractivity contribution is 0.267. The van der Waals surface area contributed by atoms with Crippen LogP contribution in [0, 0.1) is 6.92 Å². The predicted octanol–water partition coefficient (Wildman–Crippen LogP) is 1.76. The van der Waals surface area contributed by atoms with Crippen molar-refractivity contribution >= 4 is 15.9 Å². The van der Waals surface area contributed by atoms with E-state index in [1.54, 1.807) is 7.11 Å². The zero-order chi connectivity index (χ0) is 10.7. The summed E-state index contributed by atoms with van der Waals surface area (Å²) in [5.74, 6) is 0.740. The molecule has 0 saturated carbocycles. The average Bonchev–Trinajstić information content (AvgIpc) is 2.19. The van der Waals surface area contributed by atoms with Crippen molar-refractivity contribution in [1.82, 2.24) is 0 Å². The largest absolute Gasteiger partial charge is 0.496 e. The van der Waals surface area contributed by atoms with E-state index in [2.05, 4.69) is 15.9 Å².